The van der Waals surface area contributed by atoms with Crippen molar-refractivity contribution in [2.75, 3.05) is 25.9 Å². The van der Waals surface area contributed by atoms with Crippen LogP contribution in [-0.4, -0.2) is 57.5 Å². The molecule has 2 heterocycles. The van der Waals surface area contributed by atoms with Gasteiger partial charge >= 0.3 is 0 Å². The lowest BCUT2D eigenvalue weighted by molar-refractivity contribution is -0.125. The summed E-state index contributed by atoms with van der Waals surface area (Å²) < 4.78 is 2.09. The number of likely N-dealkylation sites (N-methyl/N-ethyl adjacent to an activating group) is 1. The molecule has 0 spiro atoms. The van der Waals surface area contributed by atoms with E-state index in [9.17, 15) is 4.79 Å². The Hall–Kier alpha value is -1.08. The fourth-order valence-corrected chi connectivity index (χ4v) is 3.75. The van der Waals surface area contributed by atoms with E-state index in [0.29, 0.717) is 6.54 Å². The molecule has 124 valence electrons. The molecule has 6 nitrogen and oxygen atoms in total. The Bertz CT molecular complexity index is 490. The van der Waals surface area contributed by atoms with E-state index in [1.165, 1.54) is 12.8 Å². The summed E-state index contributed by atoms with van der Waals surface area (Å²) in [5.74, 6) is 1.92. The summed E-state index contributed by atoms with van der Waals surface area (Å²) in [5, 5.41) is 12.3. The van der Waals surface area contributed by atoms with Crippen molar-refractivity contribution in [1.29, 1.82) is 0 Å². The topological polar surface area (TPSA) is 63.1 Å². The lowest BCUT2D eigenvalue weighted by Gasteiger charge is -2.24. The largest absolute Gasteiger partial charge is 0.354 e. The third kappa shape index (κ3) is 4.46. The Kier molecular flexibility index (Phi) is 6.70. The van der Waals surface area contributed by atoms with Crippen LogP contribution in [0.1, 0.15) is 38.4 Å². The molecule has 1 aromatic heterocycles. The molecule has 0 bridgehead atoms. The molecule has 1 aromatic rings. The van der Waals surface area contributed by atoms with Crippen LogP contribution in [-0.2, 0) is 11.3 Å². The van der Waals surface area contributed by atoms with Crippen LogP contribution >= 0.6 is 11.8 Å². The van der Waals surface area contributed by atoms with Gasteiger partial charge < -0.3 is 9.88 Å². The van der Waals surface area contributed by atoms with Gasteiger partial charge in [-0.05, 0) is 40.3 Å². The molecule has 7 heteroatoms. The second-order valence-corrected chi connectivity index (χ2v) is 6.82. The van der Waals surface area contributed by atoms with E-state index in [2.05, 4.69) is 39.0 Å². The van der Waals surface area contributed by atoms with Gasteiger partial charge in [0.05, 0.1) is 6.04 Å². The van der Waals surface area contributed by atoms with E-state index in [0.717, 1.165) is 42.7 Å². The van der Waals surface area contributed by atoms with E-state index in [1.807, 2.05) is 6.92 Å². The first-order valence-electron chi connectivity index (χ1n) is 8.14. The highest BCUT2D eigenvalue weighted by Crippen LogP contribution is 2.17. The number of amides is 1. The number of thioether (sulfide) groups is 1. The van der Waals surface area contributed by atoms with Gasteiger partial charge in [-0.3, -0.25) is 9.69 Å². The van der Waals surface area contributed by atoms with Gasteiger partial charge in [-0.1, -0.05) is 24.6 Å². The van der Waals surface area contributed by atoms with Gasteiger partial charge in [0.15, 0.2) is 5.16 Å². The highest BCUT2D eigenvalue weighted by Gasteiger charge is 2.24. The molecule has 2 rings (SSSR count). The predicted molar refractivity (Wildman–Crippen MR) is 89.1 cm³/mol. The average molecular weight is 325 g/mol. The number of aryl methyl sites for hydroxylation is 1. The number of hydrogen-bond acceptors (Lipinski definition) is 5. The third-order valence-corrected chi connectivity index (χ3v) is 5.14. The molecule has 0 radical (unpaired) electrons. The second kappa shape index (κ2) is 8.53. The lowest BCUT2D eigenvalue weighted by atomic mass is 10.1. The molecule has 1 N–H and O–H groups in total. The molecule has 0 saturated carbocycles. The van der Waals surface area contributed by atoms with Crippen molar-refractivity contribution in [3.05, 3.63) is 5.82 Å². The second-order valence-electron chi connectivity index (χ2n) is 5.76. The first kappa shape index (κ1) is 17.3. The van der Waals surface area contributed by atoms with Crippen molar-refractivity contribution in [2.24, 2.45) is 0 Å². The lowest BCUT2D eigenvalue weighted by Crippen LogP contribution is -2.45. The van der Waals surface area contributed by atoms with E-state index in [-0.39, 0.29) is 11.9 Å². The summed E-state index contributed by atoms with van der Waals surface area (Å²) >= 11 is 1.65. The van der Waals surface area contributed by atoms with Crippen LogP contribution in [0, 0.1) is 6.92 Å². The van der Waals surface area contributed by atoms with Crippen LogP contribution in [0.2, 0.25) is 0 Å². The first-order valence-corrected chi connectivity index (χ1v) is 9.12. The summed E-state index contributed by atoms with van der Waals surface area (Å²) in [7, 11) is 2.05. The van der Waals surface area contributed by atoms with E-state index < -0.39 is 0 Å². The molecular formula is C15H27N5OS. The van der Waals surface area contributed by atoms with Crippen LogP contribution in [0.25, 0.3) is 0 Å². The summed E-state index contributed by atoms with van der Waals surface area (Å²) in [6.07, 6.45) is 4.55. The maximum Gasteiger partial charge on any atom is 0.237 e. The maximum absolute atomic E-state index is 12.3. The number of nitrogens with zero attached hydrogens (tertiary/aromatic N) is 4. The summed E-state index contributed by atoms with van der Waals surface area (Å²) in [6, 6.07) is 0.0361. The number of hydrogen-bond donors (Lipinski definition) is 1. The minimum Gasteiger partial charge on any atom is -0.354 e. The number of aromatic nitrogens is 3. The zero-order valence-corrected chi connectivity index (χ0v) is 14.7. The van der Waals surface area contributed by atoms with Crippen molar-refractivity contribution >= 4 is 17.7 Å². The van der Waals surface area contributed by atoms with Crippen molar-refractivity contribution in [3.8, 4) is 0 Å². The van der Waals surface area contributed by atoms with Crippen molar-refractivity contribution in [1.82, 2.24) is 25.0 Å². The van der Waals surface area contributed by atoms with Crippen molar-refractivity contribution < 1.29 is 4.79 Å². The molecule has 0 aromatic carbocycles. The predicted octanol–water partition coefficient (Wildman–Crippen LogP) is 1.69. The molecule has 22 heavy (non-hydrogen) atoms. The zero-order chi connectivity index (χ0) is 15.9. The number of carbonyl (C=O) groups excluding carboxylic acids is 1. The highest BCUT2D eigenvalue weighted by atomic mass is 32.2. The smallest absolute Gasteiger partial charge is 0.237 e. The Labute approximate surface area is 137 Å². The number of rotatable bonds is 6. The quantitative estimate of drug-likeness (QED) is 0.637. The molecule has 1 aliphatic heterocycles. The molecular weight excluding hydrogens is 298 g/mol. The molecule has 0 aliphatic carbocycles. The fourth-order valence-electron chi connectivity index (χ4n) is 2.85. The molecule has 1 atom stereocenters. The fraction of sp³-hybridized carbons (Fsp3) is 0.800. The van der Waals surface area contributed by atoms with Gasteiger partial charge in [0.2, 0.25) is 5.91 Å². The van der Waals surface area contributed by atoms with Crippen LogP contribution in [0.3, 0.4) is 0 Å². The Balaban J connectivity index is 1.74. The summed E-state index contributed by atoms with van der Waals surface area (Å²) in [4.78, 5) is 14.5. The minimum atomic E-state index is 0.0361. The van der Waals surface area contributed by atoms with Gasteiger partial charge in [-0.25, -0.2) is 0 Å². The number of likely N-dealkylation sites (tertiary alicyclic amines) is 1. The number of nitrogens with one attached hydrogen (secondary N) is 1. The van der Waals surface area contributed by atoms with Gasteiger partial charge in [0, 0.05) is 18.8 Å². The van der Waals surface area contributed by atoms with Crippen molar-refractivity contribution in [2.45, 2.75) is 57.3 Å². The first-order chi connectivity index (χ1) is 10.6. The highest BCUT2D eigenvalue weighted by molar-refractivity contribution is 7.99. The third-order valence-electron chi connectivity index (χ3n) is 4.17. The van der Waals surface area contributed by atoms with Gasteiger partial charge in [-0.15, -0.1) is 10.2 Å². The normalized spacial score (nSPS) is 19.9. The summed E-state index contributed by atoms with van der Waals surface area (Å²) in [6.45, 7) is 6.61. The molecule has 1 fully saturated rings. The molecule has 1 amide bonds. The maximum atomic E-state index is 12.3. The van der Waals surface area contributed by atoms with Crippen LogP contribution in [0.4, 0.5) is 0 Å². The minimum absolute atomic E-state index is 0.0361. The van der Waals surface area contributed by atoms with Crippen LogP contribution < -0.4 is 5.32 Å². The van der Waals surface area contributed by atoms with Gasteiger partial charge in [0.1, 0.15) is 5.82 Å². The van der Waals surface area contributed by atoms with Crippen LogP contribution in [0.15, 0.2) is 5.16 Å². The number of carbonyl (C=O) groups is 1. The Morgan fingerprint density at radius 2 is 2.18 bits per heavy atom. The summed E-state index contributed by atoms with van der Waals surface area (Å²) in [5.41, 5.74) is 0. The van der Waals surface area contributed by atoms with E-state index >= 15 is 0 Å². The molecule has 0 unspecified atom stereocenters. The Morgan fingerprint density at radius 3 is 2.95 bits per heavy atom. The van der Waals surface area contributed by atoms with Gasteiger partial charge in [0.25, 0.3) is 0 Å². The van der Waals surface area contributed by atoms with Gasteiger partial charge in [-0.2, -0.15) is 0 Å². The van der Waals surface area contributed by atoms with Crippen molar-refractivity contribution in [3.63, 3.8) is 0 Å². The SMILES string of the molecule is CCn1c(C)nnc1SCCNC(=O)[C@H]1CCCCCN1C. The standard InChI is InChI=1S/C15H27N5OS/c1-4-20-12(2)17-18-15(20)22-11-9-16-14(21)13-8-6-5-7-10-19(13)3/h13H,4-11H2,1-3H3,(H,16,21)/t13-/m1/s1. The average Bonchev–Trinajstić information content (AvgIpc) is 2.71. The van der Waals surface area contributed by atoms with E-state index in [4.69, 9.17) is 0 Å². The molecule has 1 saturated heterocycles. The van der Waals surface area contributed by atoms with E-state index in [1.54, 1.807) is 11.8 Å². The monoisotopic (exact) mass is 325 g/mol. The zero-order valence-electron chi connectivity index (χ0n) is 13.8. The van der Waals surface area contributed by atoms with Crippen LogP contribution in [0.5, 0.6) is 0 Å². The Morgan fingerprint density at radius 1 is 1.36 bits per heavy atom. The molecule has 1 aliphatic rings.